The molecule has 1 aliphatic heterocycles. The van der Waals surface area contributed by atoms with Crippen LogP contribution in [0.1, 0.15) is 27.5 Å². The van der Waals surface area contributed by atoms with Gasteiger partial charge in [-0.25, -0.2) is 4.39 Å². The summed E-state index contributed by atoms with van der Waals surface area (Å²) in [5, 5.41) is 0. The average Bonchev–Trinajstić information content (AvgIpc) is 2.69. The maximum absolute atomic E-state index is 13.8. The Hall–Kier alpha value is -1.88. The normalized spacial score (nSPS) is 17.0. The lowest BCUT2D eigenvalue weighted by molar-refractivity contribution is 0.0793. The van der Waals surface area contributed by atoms with E-state index in [1.165, 1.54) is 19.2 Å². The number of hydrogen-bond acceptors (Lipinski definition) is 2. The van der Waals surface area contributed by atoms with Gasteiger partial charge >= 0.3 is 0 Å². The van der Waals surface area contributed by atoms with Crippen molar-refractivity contribution in [1.29, 1.82) is 0 Å². The van der Waals surface area contributed by atoms with Crippen LogP contribution in [0.5, 0.6) is 5.75 Å². The zero-order valence-corrected chi connectivity index (χ0v) is 13.1. The number of nitrogens with zero attached hydrogens (tertiary/aromatic N) is 1. The van der Waals surface area contributed by atoms with E-state index in [0.717, 1.165) is 10.0 Å². The van der Waals surface area contributed by atoms with Crippen LogP contribution in [0.15, 0.2) is 40.9 Å². The highest BCUT2D eigenvalue weighted by molar-refractivity contribution is 9.10. The first-order chi connectivity index (χ1) is 10.0. The molecule has 1 atom stereocenters. The number of carbonyl (C=O) groups excluding carboxylic acids is 1. The third-order valence-electron chi connectivity index (χ3n) is 3.69. The van der Waals surface area contributed by atoms with Gasteiger partial charge in [0, 0.05) is 23.2 Å². The number of rotatable bonds is 2. The van der Waals surface area contributed by atoms with Crippen molar-refractivity contribution < 1.29 is 13.9 Å². The summed E-state index contributed by atoms with van der Waals surface area (Å²) in [6.45, 7) is 0. The van der Waals surface area contributed by atoms with E-state index in [0.29, 0.717) is 16.9 Å². The molecule has 3 rings (SSSR count). The second-order valence-corrected chi connectivity index (χ2v) is 5.89. The molecule has 0 spiro atoms. The van der Waals surface area contributed by atoms with E-state index in [1.807, 2.05) is 12.1 Å². The zero-order chi connectivity index (χ0) is 15.1. The summed E-state index contributed by atoms with van der Waals surface area (Å²) in [7, 11) is 3.21. The molecule has 1 heterocycles. The molecule has 0 saturated carbocycles. The smallest absolute Gasteiger partial charge is 0.254 e. The summed E-state index contributed by atoms with van der Waals surface area (Å²) in [4.78, 5) is 13.9. The Morgan fingerprint density at radius 1 is 1.24 bits per heavy atom. The van der Waals surface area contributed by atoms with Crippen LogP contribution >= 0.6 is 15.9 Å². The number of fused-ring (bicyclic) bond motifs is 1. The van der Waals surface area contributed by atoms with Gasteiger partial charge in [-0.1, -0.05) is 15.9 Å². The van der Waals surface area contributed by atoms with Crippen LogP contribution in [-0.4, -0.2) is 25.0 Å². The molecule has 1 amide bonds. The van der Waals surface area contributed by atoms with Crippen molar-refractivity contribution in [1.82, 2.24) is 4.90 Å². The monoisotopic (exact) mass is 349 g/mol. The molecule has 3 nitrogen and oxygen atoms in total. The number of halogens is 2. The van der Waals surface area contributed by atoms with Crippen LogP contribution in [0, 0.1) is 5.82 Å². The van der Waals surface area contributed by atoms with Gasteiger partial charge in [-0.15, -0.1) is 0 Å². The van der Waals surface area contributed by atoms with Gasteiger partial charge in [0.25, 0.3) is 5.91 Å². The molecule has 0 radical (unpaired) electrons. The van der Waals surface area contributed by atoms with E-state index in [1.54, 1.807) is 24.1 Å². The van der Waals surface area contributed by atoms with Crippen LogP contribution in [0.4, 0.5) is 4.39 Å². The van der Waals surface area contributed by atoms with Crippen molar-refractivity contribution in [3.05, 3.63) is 63.4 Å². The number of amides is 1. The summed E-state index contributed by atoms with van der Waals surface area (Å²) in [5.41, 5.74) is 2.21. The highest BCUT2D eigenvalue weighted by atomic mass is 79.9. The summed E-state index contributed by atoms with van der Waals surface area (Å²) in [5.74, 6) is -0.00586. The van der Waals surface area contributed by atoms with Crippen LogP contribution in [0.25, 0.3) is 0 Å². The molecule has 0 fully saturated rings. The van der Waals surface area contributed by atoms with E-state index in [-0.39, 0.29) is 17.8 Å². The van der Waals surface area contributed by atoms with Crippen molar-refractivity contribution in [2.75, 3.05) is 14.2 Å². The third-order valence-corrected chi connectivity index (χ3v) is 4.18. The Bertz CT molecular complexity index is 732. The second kappa shape index (κ2) is 5.15. The van der Waals surface area contributed by atoms with Gasteiger partial charge in [0.05, 0.1) is 13.2 Å². The molecule has 0 aliphatic carbocycles. The highest BCUT2D eigenvalue weighted by Crippen LogP contribution is 2.39. The molecule has 2 aromatic carbocycles. The Kier molecular flexibility index (Phi) is 3.45. The number of hydrogen-bond donors (Lipinski definition) is 0. The third kappa shape index (κ3) is 2.31. The van der Waals surface area contributed by atoms with Gasteiger partial charge in [-0.3, -0.25) is 4.79 Å². The van der Waals surface area contributed by atoms with Crippen molar-refractivity contribution in [3.63, 3.8) is 0 Å². The van der Waals surface area contributed by atoms with Crippen molar-refractivity contribution in [3.8, 4) is 5.75 Å². The van der Waals surface area contributed by atoms with Crippen LogP contribution in [0.3, 0.4) is 0 Å². The fourth-order valence-corrected chi connectivity index (χ4v) is 3.11. The van der Waals surface area contributed by atoms with Crippen molar-refractivity contribution in [2.24, 2.45) is 0 Å². The van der Waals surface area contributed by atoms with Gasteiger partial charge in [0.2, 0.25) is 0 Å². The molecule has 108 valence electrons. The summed E-state index contributed by atoms with van der Waals surface area (Å²) in [6, 6.07) is 9.73. The number of ether oxygens (including phenoxy) is 1. The highest BCUT2D eigenvalue weighted by Gasteiger charge is 2.35. The first-order valence-corrected chi connectivity index (χ1v) is 7.21. The summed E-state index contributed by atoms with van der Waals surface area (Å²) < 4.78 is 19.8. The first-order valence-electron chi connectivity index (χ1n) is 6.42. The number of methoxy groups -OCH3 is 1. The minimum atomic E-state index is -0.381. The molecule has 21 heavy (non-hydrogen) atoms. The van der Waals surface area contributed by atoms with E-state index in [2.05, 4.69) is 15.9 Å². The van der Waals surface area contributed by atoms with E-state index >= 15 is 0 Å². The van der Waals surface area contributed by atoms with Crippen molar-refractivity contribution >= 4 is 21.8 Å². The Morgan fingerprint density at radius 3 is 2.71 bits per heavy atom. The quantitative estimate of drug-likeness (QED) is 0.825. The maximum Gasteiger partial charge on any atom is 0.254 e. The first kappa shape index (κ1) is 14.1. The van der Waals surface area contributed by atoms with E-state index in [4.69, 9.17) is 4.74 Å². The lowest BCUT2D eigenvalue weighted by Gasteiger charge is -2.22. The lowest BCUT2D eigenvalue weighted by atomic mass is 9.98. The van der Waals surface area contributed by atoms with Gasteiger partial charge in [0.15, 0.2) is 0 Å². The summed E-state index contributed by atoms with van der Waals surface area (Å²) in [6.07, 6.45) is 0. The molecular formula is C16H13BrFNO2. The van der Waals surface area contributed by atoms with Gasteiger partial charge in [-0.2, -0.15) is 0 Å². The molecule has 0 aromatic heterocycles. The number of carbonyl (C=O) groups is 1. The summed E-state index contributed by atoms with van der Waals surface area (Å²) >= 11 is 3.42. The fraction of sp³-hybridized carbons (Fsp3) is 0.188. The van der Waals surface area contributed by atoms with E-state index in [9.17, 15) is 9.18 Å². The fourth-order valence-electron chi connectivity index (χ4n) is 2.73. The van der Waals surface area contributed by atoms with Crippen LogP contribution in [0.2, 0.25) is 0 Å². The molecule has 1 unspecified atom stereocenters. The molecular weight excluding hydrogens is 337 g/mol. The largest absolute Gasteiger partial charge is 0.497 e. The standard InChI is InChI=1S/C16H13BrFNO2/c1-19-15(9-5-11(18)8-12(6-9)21-2)14-7-10(17)3-4-13(14)16(19)20/h3-8,15H,1-2H3. The predicted molar refractivity (Wildman–Crippen MR) is 81.0 cm³/mol. The molecule has 0 saturated heterocycles. The Morgan fingerprint density at radius 2 is 2.00 bits per heavy atom. The van der Waals surface area contributed by atoms with Gasteiger partial charge in [-0.05, 0) is 41.5 Å². The second-order valence-electron chi connectivity index (χ2n) is 4.97. The van der Waals surface area contributed by atoms with Gasteiger partial charge in [0.1, 0.15) is 11.6 Å². The van der Waals surface area contributed by atoms with E-state index < -0.39 is 0 Å². The minimum Gasteiger partial charge on any atom is -0.497 e. The minimum absolute atomic E-state index is 0.0641. The molecule has 1 aliphatic rings. The maximum atomic E-state index is 13.8. The molecule has 0 N–H and O–H groups in total. The Balaban J connectivity index is 2.17. The zero-order valence-electron chi connectivity index (χ0n) is 11.6. The molecule has 2 aromatic rings. The average molecular weight is 350 g/mol. The van der Waals surface area contributed by atoms with Crippen molar-refractivity contribution in [2.45, 2.75) is 6.04 Å². The molecule has 0 bridgehead atoms. The van der Waals surface area contributed by atoms with Gasteiger partial charge < -0.3 is 9.64 Å². The number of benzene rings is 2. The SMILES string of the molecule is COc1cc(F)cc(C2c3cc(Br)ccc3C(=O)N2C)c1. The molecule has 5 heteroatoms. The predicted octanol–water partition coefficient (Wildman–Crippen LogP) is 3.77. The topological polar surface area (TPSA) is 29.5 Å². The van der Waals surface area contributed by atoms with Crippen LogP contribution in [-0.2, 0) is 0 Å². The lowest BCUT2D eigenvalue weighted by Crippen LogP contribution is -2.23. The Labute approximate surface area is 130 Å². The van der Waals surface area contributed by atoms with Crippen LogP contribution < -0.4 is 4.74 Å².